The predicted molar refractivity (Wildman–Crippen MR) is 68.3 cm³/mol. The maximum atomic E-state index is 5.46. The highest BCUT2D eigenvalue weighted by Crippen LogP contribution is 2.19. The van der Waals surface area contributed by atoms with Gasteiger partial charge < -0.3 is 14.5 Å². The first-order chi connectivity index (χ1) is 8.92. The lowest BCUT2D eigenvalue weighted by molar-refractivity contribution is 0.0770. The van der Waals surface area contributed by atoms with Gasteiger partial charge >= 0.3 is 0 Å². The predicted octanol–water partition coefficient (Wildman–Crippen LogP) is 1.87. The number of nitrogens with zero attached hydrogens (tertiary/aromatic N) is 1. The average molecular weight is 244 g/mol. The van der Waals surface area contributed by atoms with E-state index >= 15 is 0 Å². The van der Waals surface area contributed by atoms with E-state index < -0.39 is 0 Å². The number of hydrogen-bond donors (Lipinski definition) is 1. The number of hydrogen-bond acceptors (Lipinski definition) is 4. The van der Waals surface area contributed by atoms with Crippen molar-refractivity contribution >= 4 is 0 Å². The average Bonchev–Trinajstić information content (AvgIpc) is 2.94. The second-order valence-electron chi connectivity index (χ2n) is 4.47. The van der Waals surface area contributed by atoms with E-state index in [1.807, 2.05) is 12.1 Å². The molecule has 0 amide bonds. The van der Waals surface area contributed by atoms with Crippen molar-refractivity contribution in [1.82, 2.24) is 10.3 Å². The molecule has 4 heteroatoms. The molecule has 1 aromatic carbocycles. The number of ether oxygens (including phenoxy) is 1. The van der Waals surface area contributed by atoms with Crippen LogP contribution < -0.4 is 5.32 Å². The van der Waals surface area contributed by atoms with Crippen molar-refractivity contribution in [3.63, 3.8) is 0 Å². The molecule has 1 atom stereocenters. The third-order valence-corrected chi connectivity index (χ3v) is 3.09. The molecule has 1 N–H and O–H groups in total. The highest BCUT2D eigenvalue weighted by Gasteiger charge is 2.14. The molecule has 1 aromatic heterocycles. The van der Waals surface area contributed by atoms with Crippen LogP contribution in [0, 0.1) is 0 Å². The van der Waals surface area contributed by atoms with E-state index in [9.17, 15) is 0 Å². The largest absolute Gasteiger partial charge is 0.445 e. The van der Waals surface area contributed by atoms with Crippen LogP contribution in [0.15, 0.2) is 41.1 Å². The van der Waals surface area contributed by atoms with Gasteiger partial charge in [-0.2, -0.15) is 0 Å². The van der Waals surface area contributed by atoms with Crippen LogP contribution in [0.3, 0.4) is 0 Å². The summed E-state index contributed by atoms with van der Waals surface area (Å²) in [6, 6.07) is 8.71. The van der Waals surface area contributed by atoms with Crippen LogP contribution in [0.5, 0.6) is 0 Å². The minimum absolute atomic E-state index is 0.401. The number of aromatic nitrogens is 1. The Hall–Kier alpha value is -1.65. The van der Waals surface area contributed by atoms with Gasteiger partial charge in [-0.1, -0.05) is 12.1 Å². The third-order valence-electron chi connectivity index (χ3n) is 3.09. The molecule has 4 nitrogen and oxygen atoms in total. The van der Waals surface area contributed by atoms with E-state index in [2.05, 4.69) is 22.4 Å². The standard InChI is InChI=1S/C14H16N2O2/c1-2-11(9-13-10-17-6-4-15-13)8-12(3-1)14-16-5-7-18-14/h1-3,5,7-8,13,15H,4,6,9-10H2/t13-/m1/s1. The molecule has 1 fully saturated rings. The fourth-order valence-corrected chi connectivity index (χ4v) is 2.23. The fraction of sp³-hybridized carbons (Fsp3) is 0.357. The number of benzene rings is 1. The summed E-state index contributed by atoms with van der Waals surface area (Å²) in [5.74, 6) is 0.671. The molecule has 0 unspecified atom stereocenters. The van der Waals surface area contributed by atoms with Gasteiger partial charge in [-0.3, -0.25) is 0 Å². The van der Waals surface area contributed by atoms with Gasteiger partial charge in [-0.05, 0) is 24.1 Å². The van der Waals surface area contributed by atoms with E-state index in [1.54, 1.807) is 12.5 Å². The Kier molecular flexibility index (Phi) is 3.39. The van der Waals surface area contributed by atoms with Gasteiger partial charge in [-0.25, -0.2) is 4.98 Å². The van der Waals surface area contributed by atoms with E-state index in [4.69, 9.17) is 9.15 Å². The van der Waals surface area contributed by atoms with Crippen LogP contribution >= 0.6 is 0 Å². The summed E-state index contributed by atoms with van der Waals surface area (Å²) in [7, 11) is 0. The SMILES string of the molecule is c1cc(C[C@@H]2COCCN2)cc(-c2ncco2)c1. The Balaban J connectivity index is 1.74. The molecule has 0 radical (unpaired) electrons. The smallest absolute Gasteiger partial charge is 0.225 e. The van der Waals surface area contributed by atoms with Crippen molar-refractivity contribution in [2.75, 3.05) is 19.8 Å². The molecule has 1 aliphatic heterocycles. The fourth-order valence-electron chi connectivity index (χ4n) is 2.23. The monoisotopic (exact) mass is 244 g/mol. The van der Waals surface area contributed by atoms with Crippen LogP contribution in [0.25, 0.3) is 11.5 Å². The molecule has 0 saturated carbocycles. The zero-order valence-electron chi connectivity index (χ0n) is 10.1. The quantitative estimate of drug-likeness (QED) is 0.895. The molecular formula is C14H16N2O2. The minimum atomic E-state index is 0.401. The number of morpholine rings is 1. The maximum absolute atomic E-state index is 5.46. The van der Waals surface area contributed by atoms with Crippen LogP contribution in [0.1, 0.15) is 5.56 Å². The lowest BCUT2D eigenvalue weighted by atomic mass is 10.0. The van der Waals surface area contributed by atoms with Gasteiger partial charge in [0.1, 0.15) is 6.26 Å². The highest BCUT2D eigenvalue weighted by atomic mass is 16.5. The Bertz CT molecular complexity index is 490. The molecule has 1 saturated heterocycles. The Morgan fingerprint density at radius 2 is 2.39 bits per heavy atom. The topological polar surface area (TPSA) is 47.3 Å². The summed E-state index contributed by atoms with van der Waals surface area (Å²) in [6.07, 6.45) is 4.23. The number of rotatable bonds is 3. The first-order valence-corrected chi connectivity index (χ1v) is 6.22. The van der Waals surface area contributed by atoms with Gasteiger partial charge in [0, 0.05) is 18.2 Å². The van der Waals surface area contributed by atoms with Gasteiger partial charge in [0.2, 0.25) is 5.89 Å². The molecule has 2 aromatic rings. The van der Waals surface area contributed by atoms with Crippen molar-refractivity contribution in [2.24, 2.45) is 0 Å². The van der Waals surface area contributed by atoms with Crippen molar-refractivity contribution in [2.45, 2.75) is 12.5 Å². The lowest BCUT2D eigenvalue weighted by Gasteiger charge is -2.23. The van der Waals surface area contributed by atoms with Crippen molar-refractivity contribution in [1.29, 1.82) is 0 Å². The van der Waals surface area contributed by atoms with Gasteiger partial charge in [0.05, 0.1) is 19.4 Å². The van der Waals surface area contributed by atoms with Crippen LogP contribution in [-0.2, 0) is 11.2 Å². The molecule has 18 heavy (non-hydrogen) atoms. The van der Waals surface area contributed by atoms with E-state index in [-0.39, 0.29) is 0 Å². The third kappa shape index (κ3) is 2.60. The molecule has 0 spiro atoms. The molecule has 94 valence electrons. The van der Waals surface area contributed by atoms with Crippen LogP contribution in [0.2, 0.25) is 0 Å². The Morgan fingerprint density at radius 1 is 1.39 bits per heavy atom. The van der Waals surface area contributed by atoms with Gasteiger partial charge in [0.15, 0.2) is 0 Å². The van der Waals surface area contributed by atoms with E-state index in [0.717, 1.165) is 31.7 Å². The zero-order valence-corrected chi connectivity index (χ0v) is 10.1. The van der Waals surface area contributed by atoms with Crippen LogP contribution in [-0.4, -0.2) is 30.8 Å². The Labute approximate surface area is 106 Å². The van der Waals surface area contributed by atoms with E-state index in [0.29, 0.717) is 11.9 Å². The molecule has 2 heterocycles. The van der Waals surface area contributed by atoms with Crippen molar-refractivity contribution in [3.05, 3.63) is 42.3 Å². The summed E-state index contributed by atoms with van der Waals surface area (Å²) in [6.45, 7) is 2.53. The molecule has 0 aliphatic carbocycles. The zero-order chi connectivity index (χ0) is 12.2. The van der Waals surface area contributed by atoms with Crippen LogP contribution in [0.4, 0.5) is 0 Å². The minimum Gasteiger partial charge on any atom is -0.445 e. The molecule has 1 aliphatic rings. The van der Waals surface area contributed by atoms with Gasteiger partial charge in [0.25, 0.3) is 0 Å². The second kappa shape index (κ2) is 5.33. The van der Waals surface area contributed by atoms with Gasteiger partial charge in [-0.15, -0.1) is 0 Å². The second-order valence-corrected chi connectivity index (χ2v) is 4.47. The summed E-state index contributed by atoms with van der Waals surface area (Å²) < 4.78 is 10.8. The summed E-state index contributed by atoms with van der Waals surface area (Å²) in [4.78, 5) is 4.17. The maximum Gasteiger partial charge on any atom is 0.225 e. The van der Waals surface area contributed by atoms with E-state index in [1.165, 1.54) is 5.56 Å². The molecular weight excluding hydrogens is 228 g/mol. The van der Waals surface area contributed by atoms with Crippen molar-refractivity contribution in [3.8, 4) is 11.5 Å². The summed E-state index contributed by atoms with van der Waals surface area (Å²) in [5.41, 5.74) is 2.29. The Morgan fingerprint density at radius 3 is 3.17 bits per heavy atom. The summed E-state index contributed by atoms with van der Waals surface area (Å²) >= 11 is 0. The summed E-state index contributed by atoms with van der Waals surface area (Å²) in [5, 5.41) is 3.46. The molecule has 0 bridgehead atoms. The van der Waals surface area contributed by atoms with Crippen molar-refractivity contribution < 1.29 is 9.15 Å². The number of oxazole rings is 1. The number of nitrogens with one attached hydrogen (secondary N) is 1. The first kappa shape index (κ1) is 11.4. The highest BCUT2D eigenvalue weighted by molar-refractivity contribution is 5.54. The lowest BCUT2D eigenvalue weighted by Crippen LogP contribution is -2.42. The molecule has 3 rings (SSSR count). The normalized spacial score (nSPS) is 19.9. The first-order valence-electron chi connectivity index (χ1n) is 6.22.